The molecule has 0 unspecified atom stereocenters. The Bertz CT molecular complexity index is 94.9. The molecule has 0 aliphatic carbocycles. The Kier molecular flexibility index (Phi) is 15.2. The zero-order valence-electron chi connectivity index (χ0n) is 2.83. The first-order valence-electron chi connectivity index (χ1n) is 0.698. The summed E-state index contributed by atoms with van der Waals surface area (Å²) in [5, 5.41) is 0. The Morgan fingerprint density at radius 1 is 1.14 bits per heavy atom. The van der Waals surface area contributed by atoms with Crippen LogP contribution in [0.3, 0.4) is 0 Å². The first-order valence-corrected chi connectivity index (χ1v) is 2.10. The van der Waals surface area contributed by atoms with Crippen molar-refractivity contribution in [3.8, 4) is 0 Å². The molecule has 0 aromatic carbocycles. The molecule has 7 heavy (non-hydrogen) atoms. The summed E-state index contributed by atoms with van der Waals surface area (Å²) in [5.74, 6) is 0. The Morgan fingerprint density at radius 3 is 1.14 bits per heavy atom. The van der Waals surface area contributed by atoms with E-state index >= 15 is 0 Å². The average molecular weight is 339 g/mol. The van der Waals surface area contributed by atoms with Gasteiger partial charge in [0, 0.05) is 27.7 Å². The Hall–Kier alpha value is 2.44. The summed E-state index contributed by atoms with van der Waals surface area (Å²) in [5.41, 5.74) is 0. The molecule has 0 amide bonds. The van der Waals surface area contributed by atoms with Crippen LogP contribution in [-0.4, -0.2) is 68.9 Å². The van der Waals surface area contributed by atoms with E-state index in [-0.39, 0.29) is 79.1 Å². The minimum atomic E-state index is -4.67. The molecule has 0 aromatic rings. The maximum atomic E-state index is 8.74. The summed E-state index contributed by atoms with van der Waals surface area (Å²) in [6.45, 7) is 0. The molecule has 4 nitrogen and oxygen atoms in total. The fourth-order valence-corrected chi connectivity index (χ4v) is 0. The van der Waals surface area contributed by atoms with Crippen LogP contribution < -0.4 is 0 Å². The van der Waals surface area contributed by atoms with Crippen LogP contribution in [0.25, 0.3) is 0 Å². The number of hydrogen-bond donors (Lipinski definition) is 2. The third kappa shape index (κ3) is 58.8. The molecule has 0 radical (unpaired) electrons. The summed E-state index contributed by atoms with van der Waals surface area (Å²) in [7, 11) is -4.67. The summed E-state index contributed by atoms with van der Waals surface area (Å²) in [6, 6.07) is 0. The average Bonchev–Trinajstić information content (AvgIpc) is 0.722. The van der Waals surface area contributed by atoms with E-state index in [2.05, 4.69) is 0 Å². The Balaban J connectivity index is -0.0000000800. The van der Waals surface area contributed by atoms with Crippen LogP contribution in [-0.2, 0) is 38.1 Å². The van der Waals surface area contributed by atoms with Gasteiger partial charge >= 0.3 is 61.8 Å². The summed E-state index contributed by atoms with van der Waals surface area (Å²) >= 11 is 0. The van der Waals surface area contributed by atoms with E-state index in [0.29, 0.717) is 0 Å². The first kappa shape index (κ1) is 16.2. The Morgan fingerprint density at radius 2 is 1.14 bits per heavy atom. The molecule has 0 aliphatic heterocycles. The van der Waals surface area contributed by atoms with Crippen molar-refractivity contribution in [3.05, 3.63) is 0 Å². The van der Waals surface area contributed by atoms with Crippen molar-refractivity contribution in [1.29, 1.82) is 0 Å². The molecular weight excluding hydrogens is 336 g/mol. The molecule has 2 N–H and O–H groups in total. The summed E-state index contributed by atoms with van der Waals surface area (Å²) < 4.78 is 31.6. The maximum absolute atomic E-state index is 8.74. The van der Waals surface area contributed by atoms with E-state index in [0.717, 1.165) is 0 Å². The van der Waals surface area contributed by atoms with Crippen molar-refractivity contribution in [2.45, 2.75) is 0 Å². The molecule has 0 bridgehead atoms. The minimum absolute atomic E-state index is 0. The number of hydrogen-bond acceptors (Lipinski definition) is 2. The van der Waals surface area contributed by atoms with E-state index in [4.69, 9.17) is 17.5 Å². The third-order valence-corrected chi connectivity index (χ3v) is 0. The van der Waals surface area contributed by atoms with Crippen molar-refractivity contribution in [1.82, 2.24) is 0 Å². The normalized spacial score (nSPS) is 8.29. The first-order chi connectivity index (χ1) is 2.00. The zero-order chi connectivity index (χ0) is 4.50. The van der Waals surface area contributed by atoms with Crippen molar-refractivity contribution in [3.63, 3.8) is 0 Å². The summed E-state index contributed by atoms with van der Waals surface area (Å²) in [4.78, 5) is 0. The second kappa shape index (κ2) is 6.56. The molecule has 36 valence electrons. The Labute approximate surface area is 105 Å². The van der Waals surface area contributed by atoms with Crippen LogP contribution in [0.4, 0.5) is 0 Å². The van der Waals surface area contributed by atoms with Gasteiger partial charge in [-0.3, -0.25) is 9.11 Å². The van der Waals surface area contributed by atoms with Crippen molar-refractivity contribution < 1.29 is 45.2 Å². The van der Waals surface area contributed by atoms with E-state index in [9.17, 15) is 0 Å². The van der Waals surface area contributed by atoms with Crippen molar-refractivity contribution in [2.75, 3.05) is 0 Å². The van der Waals surface area contributed by atoms with E-state index in [1.165, 1.54) is 0 Å². The van der Waals surface area contributed by atoms with Gasteiger partial charge in [-0.25, -0.2) is 0 Å². The van der Waals surface area contributed by atoms with Crippen LogP contribution in [0.15, 0.2) is 0 Å². The fraction of sp³-hybridized carbons (Fsp3) is 0. The molecule has 0 rings (SSSR count). The van der Waals surface area contributed by atoms with Gasteiger partial charge in [-0.05, 0) is 0 Å². The van der Waals surface area contributed by atoms with Gasteiger partial charge < -0.3 is 0 Å². The monoisotopic (exact) mass is 340 g/mol. The quantitative estimate of drug-likeness (QED) is 0.425. The molecular formula is H3HgKO4S. The molecule has 7 heteroatoms. The topological polar surface area (TPSA) is 74.6 Å². The van der Waals surface area contributed by atoms with Gasteiger partial charge in [0.05, 0.1) is 0 Å². The predicted molar refractivity (Wildman–Crippen MR) is 21.3 cm³/mol. The molecule has 0 saturated heterocycles. The molecule has 0 aromatic heterocycles. The molecule has 0 atom stereocenters. The molecule has 0 heterocycles. The fourth-order valence-electron chi connectivity index (χ4n) is 0. The third-order valence-electron chi connectivity index (χ3n) is 0. The van der Waals surface area contributed by atoms with Crippen molar-refractivity contribution in [2.24, 2.45) is 0 Å². The molecule has 0 aliphatic rings. The van der Waals surface area contributed by atoms with Gasteiger partial charge in [0.1, 0.15) is 0 Å². The van der Waals surface area contributed by atoms with Crippen molar-refractivity contribution >= 4 is 61.8 Å². The SMILES string of the molecule is O=S(=O)(O)O.[Hg].[KH]. The van der Waals surface area contributed by atoms with Crippen LogP contribution >= 0.6 is 0 Å². The summed E-state index contributed by atoms with van der Waals surface area (Å²) in [6.07, 6.45) is 0. The van der Waals surface area contributed by atoms with Crippen LogP contribution in [0.5, 0.6) is 0 Å². The van der Waals surface area contributed by atoms with E-state index in [1.807, 2.05) is 0 Å². The molecule has 0 fully saturated rings. The van der Waals surface area contributed by atoms with E-state index < -0.39 is 10.4 Å². The van der Waals surface area contributed by atoms with Gasteiger partial charge in [-0.2, -0.15) is 8.42 Å². The zero-order valence-corrected chi connectivity index (χ0v) is 9.14. The van der Waals surface area contributed by atoms with Crippen LogP contribution in [0, 0.1) is 0 Å². The second-order valence-corrected chi connectivity index (χ2v) is 1.34. The molecule has 0 spiro atoms. The van der Waals surface area contributed by atoms with Gasteiger partial charge in [-0.15, -0.1) is 0 Å². The van der Waals surface area contributed by atoms with Gasteiger partial charge in [0.2, 0.25) is 0 Å². The van der Waals surface area contributed by atoms with Gasteiger partial charge in [-0.1, -0.05) is 0 Å². The van der Waals surface area contributed by atoms with Crippen LogP contribution in [0.1, 0.15) is 0 Å². The predicted octanol–water partition coefficient (Wildman–Crippen LogP) is -1.30. The standard InChI is InChI=1S/Hg.K.H2O4S.H/c;;1-5(2,3)4;/h;;(H2,1,2,3,4);. The van der Waals surface area contributed by atoms with Crippen LogP contribution in [0.2, 0.25) is 0 Å². The van der Waals surface area contributed by atoms with Gasteiger partial charge in [0.15, 0.2) is 0 Å². The van der Waals surface area contributed by atoms with E-state index in [1.54, 1.807) is 0 Å². The number of rotatable bonds is 0. The second-order valence-electron chi connectivity index (χ2n) is 0.448. The van der Waals surface area contributed by atoms with Gasteiger partial charge in [0.25, 0.3) is 0 Å². The molecule has 0 saturated carbocycles.